The van der Waals surface area contributed by atoms with Gasteiger partial charge in [-0.3, -0.25) is 4.79 Å². The molecule has 1 aliphatic rings. The van der Waals surface area contributed by atoms with Crippen molar-refractivity contribution < 1.29 is 14.3 Å². The summed E-state index contributed by atoms with van der Waals surface area (Å²) in [6.45, 7) is 3.71. The summed E-state index contributed by atoms with van der Waals surface area (Å²) in [4.78, 5) is 25.6. The fourth-order valence-corrected chi connectivity index (χ4v) is 2.10. The average Bonchev–Trinajstić information content (AvgIpc) is 2.92. The van der Waals surface area contributed by atoms with Crippen molar-refractivity contribution in [1.82, 2.24) is 4.90 Å². The molecule has 1 aliphatic heterocycles. The Morgan fingerprint density at radius 3 is 2.56 bits per heavy atom. The number of rotatable bonds is 3. The molecule has 0 unspecified atom stereocenters. The first-order valence-corrected chi connectivity index (χ1v) is 6.29. The van der Waals surface area contributed by atoms with Crippen LogP contribution in [0.4, 0.5) is 0 Å². The fourth-order valence-electron chi connectivity index (χ4n) is 2.10. The second-order valence-corrected chi connectivity index (χ2v) is 4.30. The van der Waals surface area contributed by atoms with E-state index in [-0.39, 0.29) is 11.9 Å². The standard InChI is InChI=1S/C14H17NO3/c1-2-18-14(17)12-7-5-6-11(10-12)13(16)15-8-3-4-9-15/h5-7,10H,2-4,8-9H2,1H3. The van der Waals surface area contributed by atoms with Gasteiger partial charge in [0.1, 0.15) is 0 Å². The Morgan fingerprint density at radius 2 is 1.89 bits per heavy atom. The second-order valence-electron chi connectivity index (χ2n) is 4.30. The van der Waals surface area contributed by atoms with Gasteiger partial charge >= 0.3 is 5.97 Å². The Bertz CT molecular complexity index is 450. The van der Waals surface area contributed by atoms with Crippen LogP contribution >= 0.6 is 0 Å². The zero-order valence-electron chi connectivity index (χ0n) is 10.5. The van der Waals surface area contributed by atoms with Crippen molar-refractivity contribution in [2.75, 3.05) is 19.7 Å². The summed E-state index contributed by atoms with van der Waals surface area (Å²) in [5.74, 6) is -0.382. The van der Waals surface area contributed by atoms with Crippen LogP contribution in [0.5, 0.6) is 0 Å². The summed E-state index contributed by atoms with van der Waals surface area (Å²) < 4.78 is 4.92. The summed E-state index contributed by atoms with van der Waals surface area (Å²) >= 11 is 0. The van der Waals surface area contributed by atoms with Crippen molar-refractivity contribution in [2.45, 2.75) is 19.8 Å². The molecule has 2 rings (SSSR count). The van der Waals surface area contributed by atoms with Gasteiger partial charge in [-0.2, -0.15) is 0 Å². The van der Waals surface area contributed by atoms with Crippen LogP contribution in [0.2, 0.25) is 0 Å². The number of carbonyl (C=O) groups excluding carboxylic acids is 2. The lowest BCUT2D eigenvalue weighted by molar-refractivity contribution is 0.0526. The molecule has 4 nitrogen and oxygen atoms in total. The molecule has 18 heavy (non-hydrogen) atoms. The lowest BCUT2D eigenvalue weighted by Crippen LogP contribution is -2.27. The van der Waals surface area contributed by atoms with E-state index in [2.05, 4.69) is 0 Å². The number of benzene rings is 1. The van der Waals surface area contributed by atoms with Gasteiger partial charge in [0.25, 0.3) is 5.91 Å². The number of amides is 1. The first kappa shape index (κ1) is 12.6. The van der Waals surface area contributed by atoms with E-state index in [0.717, 1.165) is 25.9 Å². The highest BCUT2D eigenvalue weighted by Crippen LogP contribution is 2.14. The molecule has 0 radical (unpaired) electrons. The van der Waals surface area contributed by atoms with Gasteiger partial charge in [-0.1, -0.05) is 6.07 Å². The summed E-state index contributed by atoms with van der Waals surface area (Å²) in [7, 11) is 0. The maximum Gasteiger partial charge on any atom is 0.338 e. The fraction of sp³-hybridized carbons (Fsp3) is 0.429. The third kappa shape index (κ3) is 2.70. The average molecular weight is 247 g/mol. The molecular weight excluding hydrogens is 230 g/mol. The molecule has 0 aromatic heterocycles. The quantitative estimate of drug-likeness (QED) is 0.768. The summed E-state index contributed by atoms with van der Waals surface area (Å²) in [5, 5.41) is 0. The van der Waals surface area contributed by atoms with Crippen LogP contribution in [-0.2, 0) is 4.74 Å². The van der Waals surface area contributed by atoms with Gasteiger partial charge in [0, 0.05) is 18.7 Å². The normalized spacial score (nSPS) is 14.6. The minimum absolute atomic E-state index is 0.00125. The highest BCUT2D eigenvalue weighted by Gasteiger charge is 2.20. The summed E-state index contributed by atoms with van der Waals surface area (Å²) in [5.41, 5.74) is 0.990. The van der Waals surface area contributed by atoms with Gasteiger partial charge in [-0.25, -0.2) is 4.79 Å². The van der Waals surface area contributed by atoms with E-state index < -0.39 is 0 Å². The maximum absolute atomic E-state index is 12.2. The smallest absolute Gasteiger partial charge is 0.338 e. The molecule has 1 aromatic carbocycles. The predicted octanol–water partition coefficient (Wildman–Crippen LogP) is 2.10. The van der Waals surface area contributed by atoms with Gasteiger partial charge in [-0.05, 0) is 38.0 Å². The molecule has 0 bridgehead atoms. The van der Waals surface area contributed by atoms with E-state index in [9.17, 15) is 9.59 Å². The van der Waals surface area contributed by atoms with Crippen LogP contribution in [-0.4, -0.2) is 36.5 Å². The molecule has 1 heterocycles. The van der Waals surface area contributed by atoms with Crippen molar-refractivity contribution in [1.29, 1.82) is 0 Å². The van der Waals surface area contributed by atoms with E-state index in [4.69, 9.17) is 4.74 Å². The number of ether oxygens (including phenoxy) is 1. The Hall–Kier alpha value is -1.84. The van der Waals surface area contributed by atoms with E-state index in [1.165, 1.54) is 0 Å². The summed E-state index contributed by atoms with van der Waals surface area (Å²) in [6, 6.07) is 6.73. The number of esters is 1. The zero-order chi connectivity index (χ0) is 13.0. The SMILES string of the molecule is CCOC(=O)c1cccc(C(=O)N2CCCC2)c1. The number of hydrogen-bond acceptors (Lipinski definition) is 3. The largest absolute Gasteiger partial charge is 0.462 e. The third-order valence-electron chi connectivity index (χ3n) is 3.01. The second kappa shape index (κ2) is 5.67. The van der Waals surface area contributed by atoms with Crippen LogP contribution in [0, 0.1) is 0 Å². The molecule has 1 fully saturated rings. The predicted molar refractivity (Wildman–Crippen MR) is 67.5 cm³/mol. The lowest BCUT2D eigenvalue weighted by atomic mass is 10.1. The number of nitrogens with zero attached hydrogens (tertiary/aromatic N) is 1. The van der Waals surface area contributed by atoms with E-state index in [1.54, 1.807) is 31.2 Å². The van der Waals surface area contributed by atoms with Gasteiger partial charge in [0.15, 0.2) is 0 Å². The Kier molecular flexibility index (Phi) is 3.97. The van der Waals surface area contributed by atoms with E-state index >= 15 is 0 Å². The van der Waals surface area contributed by atoms with E-state index in [1.807, 2.05) is 4.90 Å². The molecule has 1 amide bonds. The molecular formula is C14H17NO3. The molecule has 0 aliphatic carbocycles. The monoisotopic (exact) mass is 247 g/mol. The van der Waals surface area contributed by atoms with Crippen LogP contribution in [0.25, 0.3) is 0 Å². The minimum Gasteiger partial charge on any atom is -0.462 e. The molecule has 0 N–H and O–H groups in total. The van der Waals surface area contributed by atoms with Gasteiger partial charge < -0.3 is 9.64 Å². The van der Waals surface area contributed by atoms with Gasteiger partial charge in [0.2, 0.25) is 0 Å². The lowest BCUT2D eigenvalue weighted by Gasteiger charge is -2.15. The van der Waals surface area contributed by atoms with Crippen molar-refractivity contribution in [2.24, 2.45) is 0 Å². The molecule has 0 atom stereocenters. The van der Waals surface area contributed by atoms with Crippen molar-refractivity contribution in [3.05, 3.63) is 35.4 Å². The van der Waals surface area contributed by atoms with Crippen LogP contribution < -0.4 is 0 Å². The maximum atomic E-state index is 12.2. The van der Waals surface area contributed by atoms with Crippen molar-refractivity contribution >= 4 is 11.9 Å². The Balaban J connectivity index is 2.16. The first-order chi connectivity index (χ1) is 8.72. The highest BCUT2D eigenvalue weighted by atomic mass is 16.5. The molecule has 0 saturated carbocycles. The van der Waals surface area contributed by atoms with Crippen LogP contribution in [0.1, 0.15) is 40.5 Å². The Labute approximate surface area is 107 Å². The van der Waals surface area contributed by atoms with E-state index in [0.29, 0.717) is 17.7 Å². The van der Waals surface area contributed by atoms with Gasteiger partial charge in [0.05, 0.1) is 12.2 Å². The molecule has 0 spiro atoms. The van der Waals surface area contributed by atoms with Crippen molar-refractivity contribution in [3.8, 4) is 0 Å². The summed E-state index contributed by atoms with van der Waals surface area (Å²) in [6.07, 6.45) is 2.12. The highest BCUT2D eigenvalue weighted by molar-refractivity contribution is 5.98. The molecule has 4 heteroatoms. The van der Waals surface area contributed by atoms with Crippen LogP contribution in [0.15, 0.2) is 24.3 Å². The van der Waals surface area contributed by atoms with Crippen molar-refractivity contribution in [3.63, 3.8) is 0 Å². The molecule has 1 saturated heterocycles. The molecule has 1 aromatic rings. The first-order valence-electron chi connectivity index (χ1n) is 6.29. The topological polar surface area (TPSA) is 46.6 Å². The Morgan fingerprint density at radius 1 is 1.22 bits per heavy atom. The van der Waals surface area contributed by atoms with Crippen LogP contribution in [0.3, 0.4) is 0 Å². The van der Waals surface area contributed by atoms with Gasteiger partial charge in [-0.15, -0.1) is 0 Å². The zero-order valence-corrected chi connectivity index (χ0v) is 10.5. The number of hydrogen-bond donors (Lipinski definition) is 0. The number of carbonyl (C=O) groups is 2. The molecule has 96 valence electrons. The number of likely N-dealkylation sites (tertiary alicyclic amines) is 1. The third-order valence-corrected chi connectivity index (χ3v) is 3.01. The minimum atomic E-state index is -0.381.